The number of nitrogens with zero attached hydrogens (tertiary/aromatic N) is 1. The summed E-state index contributed by atoms with van der Waals surface area (Å²) in [5.74, 6) is -0.741. The van der Waals surface area contributed by atoms with Crippen molar-refractivity contribution in [2.24, 2.45) is 0 Å². The molecule has 0 spiro atoms. The van der Waals surface area contributed by atoms with Crippen LogP contribution in [0.5, 0.6) is 0 Å². The molecule has 0 radical (unpaired) electrons. The molecule has 118 valence electrons. The maximum Gasteiger partial charge on any atom is 0.328 e. The summed E-state index contributed by atoms with van der Waals surface area (Å²) in [6.07, 6.45) is 9.23. The van der Waals surface area contributed by atoms with Crippen LogP contribution < -0.4 is 0 Å². The highest BCUT2D eigenvalue weighted by atomic mass is 35.5. The summed E-state index contributed by atoms with van der Waals surface area (Å²) in [5.41, 5.74) is 1.87. The van der Waals surface area contributed by atoms with Gasteiger partial charge in [0.2, 0.25) is 5.89 Å². The van der Waals surface area contributed by atoms with Crippen LogP contribution in [-0.4, -0.2) is 16.1 Å². The van der Waals surface area contributed by atoms with Crippen LogP contribution in [0.3, 0.4) is 0 Å². The molecular formula is C17H13Cl2NO3. The summed E-state index contributed by atoms with van der Waals surface area (Å²) < 4.78 is 5.45. The zero-order valence-electron chi connectivity index (χ0n) is 12.2. The van der Waals surface area contributed by atoms with Crippen molar-refractivity contribution in [2.45, 2.75) is 6.92 Å². The van der Waals surface area contributed by atoms with E-state index in [9.17, 15) is 4.79 Å². The van der Waals surface area contributed by atoms with Gasteiger partial charge >= 0.3 is 5.97 Å². The van der Waals surface area contributed by atoms with E-state index in [0.717, 1.165) is 11.6 Å². The summed E-state index contributed by atoms with van der Waals surface area (Å²) in [7, 11) is 0. The molecule has 0 fully saturated rings. The summed E-state index contributed by atoms with van der Waals surface area (Å²) in [6.45, 7) is 1.85. The van der Waals surface area contributed by atoms with E-state index < -0.39 is 5.97 Å². The number of hydrogen-bond donors (Lipinski definition) is 1. The molecule has 6 heteroatoms. The maximum absolute atomic E-state index is 10.7. The van der Waals surface area contributed by atoms with Gasteiger partial charge in [0.15, 0.2) is 0 Å². The van der Waals surface area contributed by atoms with Crippen molar-refractivity contribution < 1.29 is 14.3 Å². The zero-order chi connectivity index (χ0) is 16.8. The average Bonchev–Trinajstić information content (AvgIpc) is 2.99. The van der Waals surface area contributed by atoms with E-state index in [1.807, 2.05) is 13.0 Å². The number of carboxylic acids is 1. The van der Waals surface area contributed by atoms with Gasteiger partial charge in [0.1, 0.15) is 12.0 Å². The van der Waals surface area contributed by atoms with Crippen molar-refractivity contribution in [3.8, 4) is 11.3 Å². The third-order valence-corrected chi connectivity index (χ3v) is 3.58. The fourth-order valence-electron chi connectivity index (χ4n) is 1.75. The van der Waals surface area contributed by atoms with Gasteiger partial charge in [0, 0.05) is 17.2 Å². The Morgan fingerprint density at radius 1 is 1.26 bits per heavy atom. The third-order valence-electron chi connectivity index (χ3n) is 2.84. The van der Waals surface area contributed by atoms with Crippen molar-refractivity contribution in [3.05, 3.63) is 70.8 Å². The van der Waals surface area contributed by atoms with Crippen LogP contribution in [0, 0.1) is 0 Å². The molecular weight excluding hydrogens is 337 g/mol. The van der Waals surface area contributed by atoms with Gasteiger partial charge in [-0.15, -0.1) is 0 Å². The Morgan fingerprint density at radius 3 is 2.70 bits per heavy atom. The Labute approximate surface area is 143 Å². The molecule has 4 nitrogen and oxygen atoms in total. The molecule has 0 unspecified atom stereocenters. The molecule has 0 bridgehead atoms. The normalized spacial score (nSPS) is 12.4. The average molecular weight is 350 g/mol. The summed E-state index contributed by atoms with van der Waals surface area (Å²) >= 11 is 11.9. The minimum Gasteiger partial charge on any atom is -0.478 e. The number of benzene rings is 1. The van der Waals surface area contributed by atoms with Gasteiger partial charge < -0.3 is 9.52 Å². The number of halogens is 2. The summed E-state index contributed by atoms with van der Waals surface area (Å²) in [5, 5.41) is 9.64. The molecule has 0 saturated heterocycles. The molecule has 0 saturated carbocycles. The first-order valence-electron chi connectivity index (χ1n) is 6.66. The molecule has 1 aromatic carbocycles. The van der Waals surface area contributed by atoms with Crippen LogP contribution >= 0.6 is 23.2 Å². The van der Waals surface area contributed by atoms with E-state index >= 15 is 0 Å². The molecule has 0 amide bonds. The van der Waals surface area contributed by atoms with Gasteiger partial charge in [-0.25, -0.2) is 9.78 Å². The van der Waals surface area contributed by atoms with E-state index in [-0.39, 0.29) is 0 Å². The van der Waals surface area contributed by atoms with E-state index in [0.29, 0.717) is 27.2 Å². The minimum absolute atomic E-state index is 0.307. The second-order valence-electron chi connectivity index (χ2n) is 4.49. The lowest BCUT2D eigenvalue weighted by atomic mass is 10.2. The van der Waals surface area contributed by atoms with E-state index in [1.54, 1.807) is 30.4 Å². The largest absolute Gasteiger partial charge is 0.478 e. The number of aromatic nitrogens is 1. The van der Waals surface area contributed by atoms with Crippen LogP contribution in [0.25, 0.3) is 16.8 Å². The first-order chi connectivity index (χ1) is 11.0. The second-order valence-corrected chi connectivity index (χ2v) is 5.30. The Bertz CT molecular complexity index is 804. The van der Waals surface area contributed by atoms with E-state index in [4.69, 9.17) is 32.7 Å². The van der Waals surface area contributed by atoms with Crippen molar-refractivity contribution in [3.63, 3.8) is 0 Å². The minimum atomic E-state index is -1.05. The Balaban J connectivity index is 2.38. The molecule has 23 heavy (non-hydrogen) atoms. The number of rotatable bonds is 5. The van der Waals surface area contributed by atoms with Crippen molar-refractivity contribution in [2.75, 3.05) is 0 Å². The lowest BCUT2D eigenvalue weighted by Gasteiger charge is -1.98. The lowest BCUT2D eigenvalue weighted by Crippen LogP contribution is -1.88. The van der Waals surface area contributed by atoms with Gasteiger partial charge in [-0.3, -0.25) is 0 Å². The summed E-state index contributed by atoms with van der Waals surface area (Å²) in [6, 6.07) is 5.14. The SMILES string of the molecule is C\C=C/C=C(\C=C\C(=O)O)c1nc(-c2ccc(Cl)c(Cl)c2)co1. The number of carbonyl (C=O) groups is 1. The van der Waals surface area contributed by atoms with Crippen molar-refractivity contribution in [1.29, 1.82) is 0 Å². The predicted octanol–water partition coefficient (Wildman–Crippen LogP) is 5.25. The fraction of sp³-hybridized carbons (Fsp3) is 0.0588. The molecule has 0 aliphatic heterocycles. The molecule has 0 atom stereocenters. The van der Waals surface area contributed by atoms with Gasteiger partial charge in [-0.05, 0) is 31.2 Å². The maximum atomic E-state index is 10.7. The molecule has 1 N–H and O–H groups in total. The van der Waals surface area contributed by atoms with Crippen molar-refractivity contribution in [1.82, 2.24) is 4.98 Å². The Kier molecular flexibility index (Phi) is 5.79. The van der Waals surface area contributed by atoms with E-state index in [1.165, 1.54) is 12.3 Å². The zero-order valence-corrected chi connectivity index (χ0v) is 13.7. The number of allylic oxidation sites excluding steroid dienone is 5. The number of hydrogen-bond acceptors (Lipinski definition) is 3. The number of aliphatic carboxylic acids is 1. The molecule has 0 aliphatic rings. The first-order valence-corrected chi connectivity index (χ1v) is 7.42. The highest BCUT2D eigenvalue weighted by molar-refractivity contribution is 6.42. The highest BCUT2D eigenvalue weighted by Crippen LogP contribution is 2.29. The van der Waals surface area contributed by atoms with Gasteiger partial charge in [-0.1, -0.05) is 41.4 Å². The Hall–Kier alpha value is -2.30. The molecule has 0 aliphatic carbocycles. The summed E-state index contributed by atoms with van der Waals surface area (Å²) in [4.78, 5) is 15.1. The number of oxazole rings is 1. The quantitative estimate of drug-likeness (QED) is 0.591. The molecule has 2 rings (SSSR count). The smallest absolute Gasteiger partial charge is 0.328 e. The topological polar surface area (TPSA) is 63.3 Å². The second kappa shape index (κ2) is 7.81. The monoisotopic (exact) mass is 349 g/mol. The van der Waals surface area contributed by atoms with Crippen LogP contribution in [0.4, 0.5) is 0 Å². The van der Waals surface area contributed by atoms with Gasteiger partial charge in [-0.2, -0.15) is 0 Å². The first kappa shape index (κ1) is 17.1. The predicted molar refractivity (Wildman–Crippen MR) is 91.5 cm³/mol. The van der Waals surface area contributed by atoms with Gasteiger partial charge in [0.05, 0.1) is 10.0 Å². The standard InChI is InChI=1S/C17H13Cl2NO3/c1-2-3-4-11(6-8-16(21)22)17-20-15(10-23-17)12-5-7-13(18)14(19)9-12/h2-10H,1H3,(H,21,22)/b3-2-,8-6+,11-4+. The molecule has 2 aromatic rings. The number of carboxylic acid groups (broad SMARTS) is 1. The van der Waals surface area contributed by atoms with Crippen LogP contribution in [-0.2, 0) is 4.79 Å². The van der Waals surface area contributed by atoms with Crippen LogP contribution in [0.15, 0.2) is 59.3 Å². The van der Waals surface area contributed by atoms with Crippen LogP contribution in [0.2, 0.25) is 10.0 Å². The van der Waals surface area contributed by atoms with E-state index in [2.05, 4.69) is 4.98 Å². The van der Waals surface area contributed by atoms with Crippen molar-refractivity contribution >= 4 is 34.7 Å². The third kappa shape index (κ3) is 4.58. The van der Waals surface area contributed by atoms with Crippen LogP contribution in [0.1, 0.15) is 12.8 Å². The fourth-order valence-corrected chi connectivity index (χ4v) is 2.05. The Morgan fingerprint density at radius 2 is 2.04 bits per heavy atom. The lowest BCUT2D eigenvalue weighted by molar-refractivity contribution is -0.131. The molecule has 1 aromatic heterocycles. The van der Waals surface area contributed by atoms with Gasteiger partial charge in [0.25, 0.3) is 0 Å². The highest BCUT2D eigenvalue weighted by Gasteiger charge is 2.10. The molecule has 1 heterocycles.